The minimum Gasteiger partial charge on any atom is -0.488 e. The fraction of sp³-hybridized carbons (Fsp3) is 0.652. The number of carbonyl (C=O) groups is 2. The first kappa shape index (κ1) is 26.5. The van der Waals surface area contributed by atoms with Crippen LogP contribution in [0.4, 0.5) is 14.0 Å². The summed E-state index contributed by atoms with van der Waals surface area (Å²) in [5, 5.41) is 19.8. The number of aliphatic hydroxyl groups excluding tert-OH is 1. The fourth-order valence-electron chi connectivity index (χ4n) is 4.23. The first-order valence-electron chi connectivity index (χ1n) is 11.3. The van der Waals surface area contributed by atoms with Crippen molar-refractivity contribution in [3.05, 3.63) is 28.5 Å². The molecule has 2 aliphatic rings. The highest BCUT2D eigenvalue weighted by Crippen LogP contribution is 2.38. The van der Waals surface area contributed by atoms with Gasteiger partial charge in [-0.1, -0.05) is 6.07 Å². The number of likely N-dealkylation sites (tertiary alicyclic amines) is 1. The second kappa shape index (κ2) is 10.7. The van der Waals surface area contributed by atoms with Crippen molar-refractivity contribution in [2.45, 2.75) is 63.4 Å². The number of amides is 2. The number of carboxylic acid groups (broad SMARTS) is 1. The Bertz CT molecular complexity index is 887. The molecule has 2 aliphatic heterocycles. The van der Waals surface area contributed by atoms with Crippen LogP contribution >= 0.6 is 15.9 Å². The molecule has 0 bridgehead atoms. The Morgan fingerprint density at radius 3 is 2.65 bits per heavy atom. The van der Waals surface area contributed by atoms with Gasteiger partial charge in [-0.3, -0.25) is 0 Å². The molecular weight excluding hydrogens is 515 g/mol. The second-order valence-electron chi connectivity index (χ2n) is 9.77. The van der Waals surface area contributed by atoms with Crippen LogP contribution in [0, 0.1) is 5.82 Å². The molecule has 190 valence electrons. The second-order valence-corrected chi connectivity index (χ2v) is 10.6. The van der Waals surface area contributed by atoms with E-state index in [9.17, 15) is 24.2 Å². The molecule has 2 fully saturated rings. The summed E-state index contributed by atoms with van der Waals surface area (Å²) in [5.41, 5.74) is -1.25. The maximum atomic E-state index is 14.2. The quantitative estimate of drug-likeness (QED) is 0.557. The van der Waals surface area contributed by atoms with Crippen LogP contribution in [0.5, 0.6) is 5.75 Å². The topological polar surface area (TPSA) is 109 Å². The molecule has 1 aromatic carbocycles. The third-order valence-corrected chi connectivity index (χ3v) is 6.57. The van der Waals surface area contributed by atoms with Crippen molar-refractivity contribution in [2.75, 3.05) is 32.8 Å². The third kappa shape index (κ3) is 6.73. The van der Waals surface area contributed by atoms with Gasteiger partial charge < -0.3 is 34.2 Å². The molecule has 0 radical (unpaired) electrons. The molecule has 1 spiro atoms. The average Bonchev–Trinajstić information content (AvgIpc) is 3.15. The Labute approximate surface area is 206 Å². The van der Waals surface area contributed by atoms with E-state index in [0.29, 0.717) is 32.4 Å². The number of aliphatic hydroxyl groups is 1. The number of ether oxygens (including phenoxy) is 3. The summed E-state index contributed by atoms with van der Waals surface area (Å²) in [4.78, 5) is 27.0. The van der Waals surface area contributed by atoms with E-state index in [1.54, 1.807) is 32.9 Å². The van der Waals surface area contributed by atoms with Crippen LogP contribution in [-0.4, -0.2) is 88.4 Å². The van der Waals surface area contributed by atoms with Crippen LogP contribution in [-0.2, 0) is 9.47 Å². The van der Waals surface area contributed by atoms with Crippen molar-refractivity contribution < 1.29 is 38.4 Å². The van der Waals surface area contributed by atoms with Gasteiger partial charge in [0.05, 0.1) is 29.3 Å². The Balaban J connectivity index is 1.66. The smallest absolute Gasteiger partial charge is 0.410 e. The van der Waals surface area contributed by atoms with E-state index in [0.717, 1.165) is 0 Å². The lowest BCUT2D eigenvalue weighted by Gasteiger charge is -2.38. The Hall–Kier alpha value is -2.11. The summed E-state index contributed by atoms with van der Waals surface area (Å²) >= 11 is 3.10. The number of hydrogen-bond acceptors (Lipinski definition) is 6. The van der Waals surface area contributed by atoms with Crippen molar-refractivity contribution in [1.82, 2.24) is 9.80 Å². The number of piperidine rings is 1. The van der Waals surface area contributed by atoms with Gasteiger partial charge in [0.25, 0.3) is 0 Å². The molecule has 2 amide bonds. The highest BCUT2D eigenvalue weighted by atomic mass is 79.9. The monoisotopic (exact) mass is 546 g/mol. The van der Waals surface area contributed by atoms with E-state index in [4.69, 9.17) is 14.2 Å². The molecular formula is C23H32BrFN2O7. The van der Waals surface area contributed by atoms with Crippen LogP contribution < -0.4 is 4.74 Å². The highest BCUT2D eigenvalue weighted by Gasteiger charge is 2.47. The Kier molecular flexibility index (Phi) is 8.30. The predicted octanol–water partition coefficient (Wildman–Crippen LogP) is 3.87. The summed E-state index contributed by atoms with van der Waals surface area (Å²) in [7, 11) is 0. The average molecular weight is 547 g/mol. The summed E-state index contributed by atoms with van der Waals surface area (Å²) < 4.78 is 31.5. The zero-order valence-corrected chi connectivity index (χ0v) is 21.2. The standard InChI is InChI=1S/C23H32BrFN2O7/c1-22(2,3)34-21(31)27(12-16(28)14-32-18-6-4-5-17(24)19(18)25)15-11-23(33-13-15)7-9-26(10-8-23)20(29)30/h4-6,15-16,28H,7-14H2,1-3H3,(H,29,30)/t15?,16-/m0/s1. The molecule has 0 aliphatic carbocycles. The fourth-order valence-corrected chi connectivity index (χ4v) is 4.58. The zero-order valence-electron chi connectivity index (χ0n) is 19.6. The van der Waals surface area contributed by atoms with Crippen molar-refractivity contribution >= 4 is 28.1 Å². The lowest BCUT2D eigenvalue weighted by atomic mass is 9.87. The van der Waals surface area contributed by atoms with Gasteiger partial charge in [0.15, 0.2) is 11.6 Å². The molecule has 34 heavy (non-hydrogen) atoms. The first-order valence-corrected chi connectivity index (χ1v) is 12.0. The van der Waals surface area contributed by atoms with E-state index in [1.807, 2.05) is 0 Å². The maximum absolute atomic E-state index is 14.2. The number of benzene rings is 1. The molecule has 0 aromatic heterocycles. The van der Waals surface area contributed by atoms with Gasteiger partial charge >= 0.3 is 12.2 Å². The van der Waals surface area contributed by atoms with E-state index in [1.165, 1.54) is 15.9 Å². The molecule has 1 unspecified atom stereocenters. The van der Waals surface area contributed by atoms with Crippen molar-refractivity contribution in [3.63, 3.8) is 0 Å². The Morgan fingerprint density at radius 2 is 2.03 bits per heavy atom. The lowest BCUT2D eigenvalue weighted by Crippen LogP contribution is -2.50. The summed E-state index contributed by atoms with van der Waals surface area (Å²) in [6.07, 6.45) is -1.07. The van der Waals surface area contributed by atoms with E-state index in [2.05, 4.69) is 15.9 Å². The van der Waals surface area contributed by atoms with Crippen LogP contribution in [0.15, 0.2) is 22.7 Å². The largest absolute Gasteiger partial charge is 0.488 e. The van der Waals surface area contributed by atoms with Crippen LogP contribution in [0.25, 0.3) is 0 Å². The number of carbonyl (C=O) groups excluding carboxylic acids is 1. The van der Waals surface area contributed by atoms with Gasteiger partial charge in [0.2, 0.25) is 0 Å². The van der Waals surface area contributed by atoms with E-state index >= 15 is 0 Å². The molecule has 2 saturated heterocycles. The molecule has 0 saturated carbocycles. The van der Waals surface area contributed by atoms with Crippen molar-refractivity contribution in [1.29, 1.82) is 0 Å². The molecule has 11 heteroatoms. The Morgan fingerprint density at radius 1 is 1.35 bits per heavy atom. The molecule has 2 atom stereocenters. The molecule has 2 heterocycles. The van der Waals surface area contributed by atoms with Crippen LogP contribution in [0.1, 0.15) is 40.0 Å². The van der Waals surface area contributed by atoms with E-state index < -0.39 is 35.3 Å². The predicted molar refractivity (Wildman–Crippen MR) is 124 cm³/mol. The number of hydrogen-bond donors (Lipinski definition) is 2. The number of nitrogens with zero attached hydrogens (tertiary/aromatic N) is 2. The third-order valence-electron chi connectivity index (χ3n) is 5.96. The summed E-state index contributed by atoms with van der Waals surface area (Å²) in [6.45, 7) is 5.94. The van der Waals surface area contributed by atoms with Gasteiger partial charge in [-0.2, -0.15) is 0 Å². The summed E-state index contributed by atoms with van der Waals surface area (Å²) in [6, 6.07) is 4.26. The van der Waals surface area contributed by atoms with Gasteiger partial charge in [-0.25, -0.2) is 14.0 Å². The van der Waals surface area contributed by atoms with Crippen molar-refractivity contribution in [2.24, 2.45) is 0 Å². The molecule has 1 aromatic rings. The minimum atomic E-state index is -1.10. The normalized spacial score (nSPS) is 20.8. The van der Waals surface area contributed by atoms with E-state index in [-0.39, 0.29) is 36.0 Å². The van der Waals surface area contributed by atoms with Crippen molar-refractivity contribution in [3.8, 4) is 5.75 Å². The summed E-state index contributed by atoms with van der Waals surface area (Å²) in [5.74, 6) is -0.580. The number of rotatable bonds is 6. The van der Waals surface area contributed by atoms with Gasteiger partial charge in [0.1, 0.15) is 18.3 Å². The zero-order chi connectivity index (χ0) is 25.1. The maximum Gasteiger partial charge on any atom is 0.410 e. The van der Waals surface area contributed by atoms with Crippen LogP contribution in [0.3, 0.4) is 0 Å². The van der Waals surface area contributed by atoms with Gasteiger partial charge in [-0.15, -0.1) is 0 Å². The minimum absolute atomic E-state index is 0.00872. The van der Waals surface area contributed by atoms with Gasteiger partial charge in [0, 0.05) is 13.1 Å². The first-order chi connectivity index (χ1) is 15.9. The van der Waals surface area contributed by atoms with Crippen LogP contribution in [0.2, 0.25) is 0 Å². The lowest BCUT2D eigenvalue weighted by molar-refractivity contribution is -0.0407. The highest BCUT2D eigenvalue weighted by molar-refractivity contribution is 9.10. The molecule has 9 nitrogen and oxygen atoms in total. The molecule has 3 rings (SSSR count). The SMILES string of the molecule is CC(C)(C)OC(=O)N(C[C@H](O)COc1cccc(Br)c1F)C1COC2(CCN(C(=O)O)CC2)C1. The number of halogens is 2. The van der Waals surface area contributed by atoms with Gasteiger partial charge in [-0.05, 0) is 68.1 Å². The molecule has 2 N–H and O–H groups in total.